The number of amides is 2. The molecule has 0 aliphatic carbocycles. The Morgan fingerprint density at radius 3 is 2.41 bits per heavy atom. The molecule has 2 atom stereocenters. The van der Waals surface area contributed by atoms with Crippen LogP contribution in [0, 0.1) is 12.8 Å². The highest BCUT2D eigenvalue weighted by Gasteiger charge is 2.28. The van der Waals surface area contributed by atoms with E-state index in [2.05, 4.69) is 10.6 Å². The van der Waals surface area contributed by atoms with Crippen molar-refractivity contribution in [2.24, 2.45) is 5.92 Å². The summed E-state index contributed by atoms with van der Waals surface area (Å²) in [7, 11) is 0. The second-order valence-corrected chi connectivity index (χ2v) is 7.31. The molecule has 0 bridgehead atoms. The van der Waals surface area contributed by atoms with E-state index in [9.17, 15) is 14.4 Å². The summed E-state index contributed by atoms with van der Waals surface area (Å²) in [4.78, 5) is 37.1. The maximum Gasteiger partial charge on any atom is 0.329 e. The molecule has 7 heteroatoms. The summed E-state index contributed by atoms with van der Waals surface area (Å²) >= 11 is 5.84. The van der Waals surface area contributed by atoms with Crippen LogP contribution in [0.15, 0.2) is 48.5 Å². The van der Waals surface area contributed by atoms with Gasteiger partial charge in [-0.05, 0) is 54.8 Å². The van der Waals surface area contributed by atoms with Gasteiger partial charge in [-0.2, -0.15) is 0 Å². The smallest absolute Gasteiger partial charge is 0.329 e. The van der Waals surface area contributed by atoms with E-state index in [0.29, 0.717) is 22.7 Å². The number of nitrogens with one attached hydrogen (secondary N) is 2. The van der Waals surface area contributed by atoms with Gasteiger partial charge < -0.3 is 15.4 Å². The van der Waals surface area contributed by atoms with Gasteiger partial charge in [0, 0.05) is 16.3 Å². The van der Waals surface area contributed by atoms with Crippen molar-refractivity contribution in [3.63, 3.8) is 0 Å². The molecule has 0 unspecified atom stereocenters. The van der Waals surface area contributed by atoms with Gasteiger partial charge in [0.1, 0.15) is 6.04 Å². The minimum absolute atomic E-state index is 0.168. The van der Waals surface area contributed by atoms with Crippen molar-refractivity contribution in [2.75, 3.05) is 11.9 Å². The minimum Gasteiger partial charge on any atom is -0.454 e. The topological polar surface area (TPSA) is 84.5 Å². The first kappa shape index (κ1) is 22.4. The number of aryl methyl sites for hydroxylation is 1. The third-order valence-corrected chi connectivity index (χ3v) is 4.76. The predicted octanol–water partition coefficient (Wildman–Crippen LogP) is 3.97. The van der Waals surface area contributed by atoms with Gasteiger partial charge in [0.05, 0.1) is 0 Å². The average molecular weight is 417 g/mol. The van der Waals surface area contributed by atoms with Crippen LogP contribution in [0.1, 0.15) is 36.2 Å². The van der Waals surface area contributed by atoms with Crippen LogP contribution >= 0.6 is 11.6 Å². The van der Waals surface area contributed by atoms with E-state index in [1.807, 2.05) is 39.0 Å². The summed E-state index contributed by atoms with van der Waals surface area (Å²) < 4.78 is 5.16. The molecule has 0 fully saturated rings. The summed E-state index contributed by atoms with van der Waals surface area (Å²) in [6.07, 6.45) is 0.649. The highest BCUT2D eigenvalue weighted by Crippen LogP contribution is 2.14. The van der Waals surface area contributed by atoms with Crippen LogP contribution in [0.5, 0.6) is 0 Å². The predicted molar refractivity (Wildman–Crippen MR) is 113 cm³/mol. The highest BCUT2D eigenvalue weighted by atomic mass is 35.5. The molecule has 0 heterocycles. The Morgan fingerprint density at radius 1 is 1.10 bits per heavy atom. The molecule has 2 aromatic carbocycles. The molecule has 0 aliphatic rings. The monoisotopic (exact) mass is 416 g/mol. The summed E-state index contributed by atoms with van der Waals surface area (Å²) in [6.45, 7) is 5.22. The average Bonchev–Trinajstić information content (AvgIpc) is 2.70. The van der Waals surface area contributed by atoms with Crippen LogP contribution in [0.25, 0.3) is 0 Å². The van der Waals surface area contributed by atoms with Gasteiger partial charge >= 0.3 is 5.97 Å². The van der Waals surface area contributed by atoms with Crippen molar-refractivity contribution in [3.8, 4) is 0 Å². The molecule has 2 rings (SSSR count). The van der Waals surface area contributed by atoms with E-state index in [0.717, 1.165) is 5.56 Å². The van der Waals surface area contributed by atoms with Crippen LogP contribution in [-0.4, -0.2) is 30.4 Å². The zero-order valence-electron chi connectivity index (χ0n) is 16.7. The van der Waals surface area contributed by atoms with Gasteiger partial charge in [0.15, 0.2) is 6.61 Å². The van der Waals surface area contributed by atoms with E-state index in [1.54, 1.807) is 30.3 Å². The molecule has 0 saturated heterocycles. The van der Waals surface area contributed by atoms with Gasteiger partial charge in [-0.15, -0.1) is 0 Å². The van der Waals surface area contributed by atoms with Crippen LogP contribution in [-0.2, 0) is 14.3 Å². The molecule has 2 aromatic rings. The third-order valence-electron chi connectivity index (χ3n) is 4.51. The summed E-state index contributed by atoms with van der Waals surface area (Å²) in [5.41, 5.74) is 2.01. The first-order valence-corrected chi connectivity index (χ1v) is 9.77. The fourth-order valence-corrected chi connectivity index (χ4v) is 2.77. The Labute approximate surface area is 175 Å². The van der Waals surface area contributed by atoms with E-state index in [1.165, 1.54) is 0 Å². The van der Waals surface area contributed by atoms with Crippen LogP contribution in [0.3, 0.4) is 0 Å². The maximum absolute atomic E-state index is 12.5. The number of anilines is 1. The van der Waals surface area contributed by atoms with Crippen molar-refractivity contribution in [1.29, 1.82) is 0 Å². The second-order valence-electron chi connectivity index (χ2n) is 6.87. The molecular formula is C22H25ClN2O4. The Morgan fingerprint density at radius 2 is 1.79 bits per heavy atom. The van der Waals surface area contributed by atoms with Crippen molar-refractivity contribution in [2.45, 2.75) is 33.2 Å². The number of ether oxygens (including phenoxy) is 1. The SMILES string of the molecule is CC[C@@H](C)[C@H](NC(=O)c1ccc(Cl)cc1)C(=O)OCC(=O)Nc1cccc(C)c1. The lowest BCUT2D eigenvalue weighted by Crippen LogP contribution is -2.46. The number of halogens is 1. The Balaban J connectivity index is 1.96. The Kier molecular flexibility index (Phi) is 8.21. The van der Waals surface area contributed by atoms with Gasteiger partial charge in [-0.25, -0.2) is 4.79 Å². The summed E-state index contributed by atoms with van der Waals surface area (Å²) in [5, 5.41) is 5.89. The molecule has 29 heavy (non-hydrogen) atoms. The summed E-state index contributed by atoms with van der Waals surface area (Å²) in [6, 6.07) is 12.8. The zero-order valence-corrected chi connectivity index (χ0v) is 17.5. The number of rotatable bonds is 8. The standard InChI is InChI=1S/C22H25ClN2O4/c1-4-15(3)20(25-21(27)16-8-10-17(23)11-9-16)22(28)29-13-19(26)24-18-7-5-6-14(2)12-18/h5-12,15,20H,4,13H2,1-3H3,(H,24,26)(H,25,27)/t15-,20+/m1/s1. The maximum atomic E-state index is 12.5. The molecule has 0 spiro atoms. The van der Waals surface area contributed by atoms with Crippen LogP contribution < -0.4 is 10.6 Å². The van der Waals surface area contributed by atoms with Gasteiger partial charge in [-0.1, -0.05) is 44.0 Å². The fraction of sp³-hybridized carbons (Fsp3) is 0.318. The molecule has 154 valence electrons. The van der Waals surface area contributed by atoms with Crippen LogP contribution in [0.4, 0.5) is 5.69 Å². The van der Waals surface area contributed by atoms with E-state index in [4.69, 9.17) is 16.3 Å². The lowest BCUT2D eigenvalue weighted by Gasteiger charge is -2.22. The lowest BCUT2D eigenvalue weighted by atomic mass is 9.99. The van der Waals surface area contributed by atoms with Gasteiger partial charge in [0.2, 0.25) is 0 Å². The van der Waals surface area contributed by atoms with Crippen molar-refractivity contribution < 1.29 is 19.1 Å². The van der Waals surface area contributed by atoms with Crippen molar-refractivity contribution >= 4 is 35.1 Å². The molecule has 2 N–H and O–H groups in total. The first-order valence-electron chi connectivity index (χ1n) is 9.39. The molecular weight excluding hydrogens is 392 g/mol. The molecule has 0 aliphatic heterocycles. The summed E-state index contributed by atoms with van der Waals surface area (Å²) in [5.74, 6) is -1.68. The van der Waals surface area contributed by atoms with Gasteiger partial charge in [-0.3, -0.25) is 9.59 Å². The minimum atomic E-state index is -0.866. The fourth-order valence-electron chi connectivity index (χ4n) is 2.64. The highest BCUT2D eigenvalue weighted by molar-refractivity contribution is 6.30. The zero-order chi connectivity index (χ0) is 21.4. The normalized spacial score (nSPS) is 12.6. The molecule has 0 saturated carbocycles. The number of carbonyl (C=O) groups excluding carboxylic acids is 3. The first-order chi connectivity index (χ1) is 13.8. The quantitative estimate of drug-likeness (QED) is 0.637. The number of hydrogen-bond donors (Lipinski definition) is 2. The Bertz CT molecular complexity index is 867. The number of carbonyl (C=O) groups is 3. The van der Waals surface area contributed by atoms with E-state index >= 15 is 0 Å². The molecule has 0 radical (unpaired) electrons. The Hall–Kier alpha value is -2.86. The van der Waals surface area contributed by atoms with Crippen molar-refractivity contribution in [3.05, 3.63) is 64.7 Å². The van der Waals surface area contributed by atoms with E-state index < -0.39 is 30.4 Å². The third kappa shape index (κ3) is 6.91. The molecule has 0 aromatic heterocycles. The number of benzene rings is 2. The second kappa shape index (κ2) is 10.6. The molecule has 2 amide bonds. The molecule has 6 nitrogen and oxygen atoms in total. The number of hydrogen-bond acceptors (Lipinski definition) is 4. The lowest BCUT2D eigenvalue weighted by molar-refractivity contribution is -0.150. The van der Waals surface area contributed by atoms with Gasteiger partial charge in [0.25, 0.3) is 11.8 Å². The van der Waals surface area contributed by atoms with E-state index in [-0.39, 0.29) is 5.92 Å². The van der Waals surface area contributed by atoms with Crippen molar-refractivity contribution in [1.82, 2.24) is 5.32 Å². The van der Waals surface area contributed by atoms with Crippen LogP contribution in [0.2, 0.25) is 5.02 Å². The number of esters is 1. The largest absolute Gasteiger partial charge is 0.454 e.